The minimum Gasteiger partial charge on any atom is -0.415 e. The normalized spacial score (nSPS) is 10.7. The van der Waals surface area contributed by atoms with Gasteiger partial charge in [-0.3, -0.25) is 4.90 Å². The zero-order valence-corrected chi connectivity index (χ0v) is 30.6. The van der Waals surface area contributed by atoms with Crippen molar-refractivity contribution in [2.75, 3.05) is 50.6 Å². The lowest BCUT2D eigenvalue weighted by Crippen LogP contribution is -2.42. The second-order valence-electron chi connectivity index (χ2n) is 11.8. The Morgan fingerprint density at radius 3 is 1.62 bits per heavy atom. The number of urea groups is 1. The van der Waals surface area contributed by atoms with Crippen LogP contribution in [0.4, 0.5) is 33.7 Å². The summed E-state index contributed by atoms with van der Waals surface area (Å²) >= 11 is 0. The summed E-state index contributed by atoms with van der Waals surface area (Å²) in [7, 11) is 3.42. The van der Waals surface area contributed by atoms with Crippen LogP contribution in [0.5, 0.6) is 0 Å². The number of alkyl halides is 4. The third-order valence-electron chi connectivity index (χ3n) is 7.69. The number of nitrogens with zero attached hydrogens (tertiary/aromatic N) is 6. The number of halogens is 4. The van der Waals surface area contributed by atoms with Crippen LogP contribution in [0.3, 0.4) is 0 Å². The molecule has 0 saturated carbocycles. The van der Waals surface area contributed by atoms with Crippen molar-refractivity contribution in [3.63, 3.8) is 0 Å². The van der Waals surface area contributed by atoms with Gasteiger partial charge in [0.05, 0.1) is 19.8 Å². The van der Waals surface area contributed by atoms with E-state index >= 15 is 0 Å². The number of carbonyl (C=O) groups excluding carboxylic acids is 1. The van der Waals surface area contributed by atoms with Crippen molar-refractivity contribution in [3.8, 4) is 22.9 Å². The first kappa shape index (κ1) is 42.6. The van der Waals surface area contributed by atoms with Crippen molar-refractivity contribution in [2.45, 2.75) is 25.9 Å². The quantitative estimate of drug-likeness (QED) is 0.0826. The molecule has 56 heavy (non-hydrogen) atoms. The molecule has 6 rings (SSSR count). The molecule has 13 nitrogen and oxygen atoms in total. The zero-order valence-electron chi connectivity index (χ0n) is 30.6. The van der Waals surface area contributed by atoms with Crippen LogP contribution < -0.4 is 15.5 Å². The number of para-hydroxylation sites is 2. The van der Waals surface area contributed by atoms with Crippen molar-refractivity contribution < 1.29 is 41.4 Å². The molecule has 2 aromatic heterocycles. The number of hydrogen-bond donors (Lipinski definition) is 4. The van der Waals surface area contributed by atoms with E-state index in [0.717, 1.165) is 16.8 Å². The van der Waals surface area contributed by atoms with Crippen LogP contribution in [-0.2, 0) is 13.1 Å². The van der Waals surface area contributed by atoms with Crippen LogP contribution >= 0.6 is 0 Å². The Hall–Kier alpha value is -6.17. The van der Waals surface area contributed by atoms with Crippen molar-refractivity contribution >= 4 is 17.4 Å². The number of aliphatic hydroxyl groups excluding tert-OH is 2. The fourth-order valence-corrected chi connectivity index (χ4v) is 4.78. The van der Waals surface area contributed by atoms with E-state index in [1.165, 1.54) is 4.90 Å². The van der Waals surface area contributed by atoms with Gasteiger partial charge < -0.3 is 34.6 Å². The van der Waals surface area contributed by atoms with Crippen molar-refractivity contribution in [2.24, 2.45) is 0 Å². The second-order valence-corrected chi connectivity index (χ2v) is 11.8. The lowest BCUT2D eigenvalue weighted by Gasteiger charge is -2.28. The number of amides is 2. The van der Waals surface area contributed by atoms with Crippen molar-refractivity contribution in [1.29, 1.82) is 0 Å². The standard InChI is InChI=1S/C20H20F2N4O3.C16H13F2N3O.C3H9NO/c1-25(11-12-27)20(28)26(16-5-3-2-4-6-16)13-14-7-9-15(10-8-14)18-23-24-19(29-18)17(21)22;17-14(18)16-21-20-15(22-16)12-8-6-11(7-9-12)10-19-13-4-2-1-3-5-13;1-4-2-3-5/h2-10,17,27H,11-13H2,1H3;1-9,14,19H,10H2;4-5H,2-3H2,1H3. The molecule has 4 aromatic carbocycles. The molecule has 0 fully saturated rings. The highest BCUT2D eigenvalue weighted by Gasteiger charge is 2.21. The fraction of sp³-hybridized carbons (Fsp3) is 0.256. The molecule has 0 bridgehead atoms. The Bertz CT molecular complexity index is 2000. The average molecular weight is 779 g/mol. The van der Waals surface area contributed by atoms with E-state index in [9.17, 15) is 22.4 Å². The van der Waals surface area contributed by atoms with E-state index in [1.807, 2.05) is 72.8 Å². The van der Waals surface area contributed by atoms with Gasteiger partial charge in [0, 0.05) is 49.2 Å². The van der Waals surface area contributed by atoms with Gasteiger partial charge in [-0.15, -0.1) is 20.4 Å². The second kappa shape index (κ2) is 22.3. The Kier molecular flexibility index (Phi) is 16.9. The zero-order chi connectivity index (χ0) is 40.3. The Balaban J connectivity index is 0.000000228. The number of anilines is 2. The summed E-state index contributed by atoms with van der Waals surface area (Å²) in [6.07, 6.45) is -5.58. The van der Waals surface area contributed by atoms with Gasteiger partial charge in [0.2, 0.25) is 11.8 Å². The van der Waals surface area contributed by atoms with E-state index in [-0.39, 0.29) is 44.1 Å². The highest BCUT2D eigenvalue weighted by Crippen LogP contribution is 2.26. The molecule has 4 N–H and O–H groups in total. The summed E-state index contributed by atoms with van der Waals surface area (Å²) in [4.78, 5) is 15.9. The van der Waals surface area contributed by atoms with Gasteiger partial charge in [-0.05, 0) is 66.7 Å². The van der Waals surface area contributed by atoms with Gasteiger partial charge in [-0.1, -0.05) is 60.7 Å². The fourth-order valence-electron chi connectivity index (χ4n) is 4.78. The van der Waals surface area contributed by atoms with Crippen LogP contribution in [0, 0.1) is 0 Å². The molecule has 0 aliphatic heterocycles. The molecule has 0 saturated heterocycles. The molecule has 0 spiro atoms. The third kappa shape index (κ3) is 13.0. The van der Waals surface area contributed by atoms with Gasteiger partial charge in [-0.2, -0.15) is 17.6 Å². The van der Waals surface area contributed by atoms with E-state index < -0.39 is 24.6 Å². The maximum absolute atomic E-state index is 12.8. The molecule has 6 aromatic rings. The summed E-state index contributed by atoms with van der Waals surface area (Å²) in [5.41, 5.74) is 4.74. The molecule has 296 valence electrons. The summed E-state index contributed by atoms with van der Waals surface area (Å²) in [6.45, 7) is 1.95. The molecule has 0 atom stereocenters. The molecule has 2 amide bonds. The van der Waals surface area contributed by atoms with Crippen molar-refractivity contribution in [1.82, 2.24) is 30.6 Å². The van der Waals surface area contributed by atoms with Gasteiger partial charge >= 0.3 is 18.9 Å². The average Bonchev–Trinajstić information content (AvgIpc) is 3.93. The number of hydrogen-bond acceptors (Lipinski definition) is 11. The Morgan fingerprint density at radius 1 is 0.696 bits per heavy atom. The maximum atomic E-state index is 12.8. The predicted octanol–water partition coefficient (Wildman–Crippen LogP) is 7.21. The first-order valence-electron chi connectivity index (χ1n) is 17.3. The van der Waals surface area contributed by atoms with Crippen LogP contribution in [-0.4, -0.2) is 81.9 Å². The summed E-state index contributed by atoms with van der Waals surface area (Å²) in [5, 5.41) is 37.1. The predicted molar refractivity (Wildman–Crippen MR) is 202 cm³/mol. The monoisotopic (exact) mass is 778 g/mol. The third-order valence-corrected chi connectivity index (χ3v) is 7.69. The first-order chi connectivity index (χ1) is 27.1. The number of nitrogens with one attached hydrogen (secondary N) is 2. The molecule has 2 heterocycles. The number of aromatic nitrogens is 4. The Morgan fingerprint density at radius 2 is 1.20 bits per heavy atom. The molecule has 0 unspecified atom stereocenters. The van der Waals surface area contributed by atoms with E-state index in [1.54, 1.807) is 55.4 Å². The van der Waals surface area contributed by atoms with Gasteiger partial charge in [0.15, 0.2) is 0 Å². The smallest absolute Gasteiger partial charge is 0.324 e. The van der Waals surface area contributed by atoms with E-state index in [4.69, 9.17) is 19.0 Å². The Labute approximate surface area is 320 Å². The van der Waals surface area contributed by atoms with Gasteiger partial charge in [-0.25, -0.2) is 4.79 Å². The summed E-state index contributed by atoms with van der Waals surface area (Å²) in [6, 6.07) is 32.9. The lowest BCUT2D eigenvalue weighted by atomic mass is 10.1. The molecule has 0 aliphatic carbocycles. The number of carbonyl (C=O) groups is 1. The number of rotatable bonds is 14. The van der Waals surface area contributed by atoms with E-state index in [2.05, 4.69) is 31.0 Å². The number of likely N-dealkylation sites (N-methyl/N-ethyl adjacent to an activating group) is 2. The highest BCUT2D eigenvalue weighted by atomic mass is 19.3. The highest BCUT2D eigenvalue weighted by molar-refractivity contribution is 5.91. The molecule has 0 aliphatic rings. The minimum absolute atomic E-state index is 0.00511. The van der Waals surface area contributed by atoms with Crippen LogP contribution in [0.2, 0.25) is 0 Å². The summed E-state index contributed by atoms with van der Waals surface area (Å²) in [5.74, 6) is -1.29. The number of benzene rings is 4. The SMILES string of the molecule is CN(CCO)C(=O)N(Cc1ccc(-c2nnc(C(F)F)o2)cc1)c1ccccc1.CNCCO.FC(F)c1nnc(-c2ccc(CNc3ccccc3)cc2)o1. The van der Waals surface area contributed by atoms with Crippen LogP contribution in [0.1, 0.15) is 35.8 Å². The topological polar surface area (TPSA) is 166 Å². The maximum Gasteiger partial charge on any atom is 0.324 e. The lowest BCUT2D eigenvalue weighted by molar-refractivity contribution is 0.115. The minimum atomic E-state index is -2.82. The van der Waals surface area contributed by atoms with Gasteiger partial charge in [0.1, 0.15) is 0 Å². The van der Waals surface area contributed by atoms with Crippen LogP contribution in [0.15, 0.2) is 118 Å². The van der Waals surface area contributed by atoms with E-state index in [0.29, 0.717) is 29.9 Å². The first-order valence-corrected chi connectivity index (χ1v) is 17.3. The molecule has 17 heteroatoms. The van der Waals surface area contributed by atoms with Crippen molar-refractivity contribution in [3.05, 3.63) is 132 Å². The number of aliphatic hydroxyl groups is 2. The molecular weight excluding hydrogens is 736 g/mol. The largest absolute Gasteiger partial charge is 0.415 e. The van der Waals surface area contributed by atoms with Gasteiger partial charge in [0.25, 0.3) is 11.8 Å². The summed E-state index contributed by atoms with van der Waals surface area (Å²) < 4.78 is 59.9. The molecular formula is C39H42F4N8O5. The van der Waals surface area contributed by atoms with Crippen LogP contribution in [0.25, 0.3) is 22.9 Å². The molecule has 0 radical (unpaired) electrons.